The van der Waals surface area contributed by atoms with Crippen molar-refractivity contribution in [2.24, 2.45) is 5.92 Å². The molecule has 0 amide bonds. The average Bonchev–Trinajstić information content (AvgIpc) is 3.06. The van der Waals surface area contributed by atoms with E-state index in [4.69, 9.17) is 9.47 Å². The van der Waals surface area contributed by atoms with Gasteiger partial charge in [0.2, 0.25) is 0 Å². The second kappa shape index (κ2) is 9.64. The second-order valence-electron chi connectivity index (χ2n) is 5.33. The fraction of sp³-hybridized carbons (Fsp3) is 0.316. The highest BCUT2D eigenvalue weighted by atomic mass is 79.9. The Morgan fingerprint density at radius 1 is 0.962 bits per heavy atom. The summed E-state index contributed by atoms with van der Waals surface area (Å²) in [5, 5.41) is 0. The lowest BCUT2D eigenvalue weighted by Crippen LogP contribution is -2.36. The molecule has 2 rings (SSSR count). The molecule has 0 saturated carbocycles. The highest BCUT2D eigenvalue weighted by Crippen LogP contribution is 2.37. The van der Waals surface area contributed by atoms with E-state index in [0.717, 1.165) is 3.79 Å². The summed E-state index contributed by atoms with van der Waals surface area (Å²) in [5.74, 6) is -4.21. The Bertz CT molecular complexity index is 753. The maximum absolute atomic E-state index is 13.2. The van der Waals surface area contributed by atoms with Gasteiger partial charge in [0.1, 0.15) is 0 Å². The summed E-state index contributed by atoms with van der Waals surface area (Å²) in [6, 6.07) is 12.1. The van der Waals surface area contributed by atoms with Crippen LogP contribution in [0.1, 0.15) is 35.0 Å². The van der Waals surface area contributed by atoms with Crippen LogP contribution in [0.3, 0.4) is 0 Å². The summed E-state index contributed by atoms with van der Waals surface area (Å²) < 4.78 is 10.9. The molecule has 0 aliphatic carbocycles. The summed E-state index contributed by atoms with van der Waals surface area (Å²) >= 11 is 4.66. The van der Waals surface area contributed by atoms with Crippen LogP contribution in [0.4, 0.5) is 0 Å². The number of ketones is 1. The Hall–Kier alpha value is -1.99. The Labute approximate surface area is 164 Å². The Balaban J connectivity index is 2.53. The minimum absolute atomic E-state index is 0.106. The van der Waals surface area contributed by atoms with Gasteiger partial charge in [0.25, 0.3) is 0 Å². The van der Waals surface area contributed by atoms with Crippen LogP contribution in [0.5, 0.6) is 0 Å². The predicted molar refractivity (Wildman–Crippen MR) is 102 cm³/mol. The van der Waals surface area contributed by atoms with E-state index in [1.807, 2.05) is 0 Å². The zero-order chi connectivity index (χ0) is 19.1. The fourth-order valence-electron chi connectivity index (χ4n) is 2.55. The summed E-state index contributed by atoms with van der Waals surface area (Å²) in [6.45, 7) is 3.51. The van der Waals surface area contributed by atoms with E-state index in [9.17, 15) is 14.4 Å². The first-order valence-corrected chi connectivity index (χ1v) is 9.78. The first-order valence-electron chi connectivity index (χ1n) is 8.17. The third kappa shape index (κ3) is 4.80. The molecule has 0 aliphatic rings. The number of esters is 2. The molecular weight excluding hydrogens is 420 g/mol. The molecule has 0 bridgehead atoms. The lowest BCUT2D eigenvalue weighted by Gasteiger charge is -2.22. The smallest absolute Gasteiger partial charge is 0.321 e. The van der Waals surface area contributed by atoms with Crippen LogP contribution < -0.4 is 0 Å². The lowest BCUT2D eigenvalue weighted by atomic mass is 9.84. The topological polar surface area (TPSA) is 69.7 Å². The molecule has 0 radical (unpaired) electrons. The molecule has 2 aromatic rings. The van der Waals surface area contributed by atoms with Gasteiger partial charge in [0.15, 0.2) is 11.7 Å². The van der Waals surface area contributed by atoms with Crippen molar-refractivity contribution in [1.82, 2.24) is 0 Å². The monoisotopic (exact) mass is 438 g/mol. The van der Waals surface area contributed by atoms with Crippen molar-refractivity contribution in [2.75, 3.05) is 13.2 Å². The molecule has 0 fully saturated rings. The van der Waals surface area contributed by atoms with Crippen molar-refractivity contribution in [2.45, 2.75) is 19.8 Å². The van der Waals surface area contributed by atoms with E-state index in [0.29, 0.717) is 10.4 Å². The summed E-state index contributed by atoms with van der Waals surface area (Å²) in [5.41, 5.74) is 0.417. The number of rotatable bonds is 8. The molecule has 1 atom stereocenters. The number of Topliss-reactive ketones (excluding diaryl/α,β-unsaturated/α-hetero) is 1. The third-order valence-corrected chi connectivity index (χ3v) is 5.36. The van der Waals surface area contributed by atoms with Gasteiger partial charge in [0, 0.05) is 10.4 Å². The number of halogens is 1. The zero-order valence-corrected chi connectivity index (χ0v) is 16.8. The van der Waals surface area contributed by atoms with Crippen molar-refractivity contribution >= 4 is 45.0 Å². The molecule has 7 heteroatoms. The molecule has 1 aromatic carbocycles. The second-order valence-corrected chi connectivity index (χ2v) is 7.83. The van der Waals surface area contributed by atoms with E-state index < -0.39 is 23.8 Å². The van der Waals surface area contributed by atoms with Crippen LogP contribution in [0.15, 0.2) is 46.3 Å². The van der Waals surface area contributed by atoms with Gasteiger partial charge in [-0.05, 0) is 41.9 Å². The number of ether oxygens (including phenoxy) is 2. The molecule has 0 aliphatic heterocycles. The minimum atomic E-state index is -1.35. The van der Waals surface area contributed by atoms with Gasteiger partial charge in [-0.1, -0.05) is 30.3 Å². The van der Waals surface area contributed by atoms with Crippen LogP contribution in [0, 0.1) is 5.92 Å². The van der Waals surface area contributed by atoms with E-state index in [1.54, 1.807) is 56.3 Å². The molecule has 5 nitrogen and oxygen atoms in total. The standard InChI is InChI=1S/C19H19BrO5S/c1-3-24-18(22)16(19(23)25-4-2)15(13-10-11-14(20)26-13)17(21)12-8-6-5-7-9-12/h5-11,15-16H,3-4H2,1-2H3. The maximum Gasteiger partial charge on any atom is 0.321 e. The van der Waals surface area contributed by atoms with Crippen LogP contribution in [-0.2, 0) is 19.1 Å². The normalized spacial score (nSPS) is 11.8. The largest absolute Gasteiger partial charge is 0.465 e. The fourth-order valence-corrected chi connectivity index (χ4v) is 4.12. The third-order valence-electron chi connectivity index (χ3n) is 3.66. The van der Waals surface area contributed by atoms with Crippen molar-refractivity contribution in [3.63, 3.8) is 0 Å². The number of hydrogen-bond donors (Lipinski definition) is 0. The van der Waals surface area contributed by atoms with Gasteiger partial charge in [-0.15, -0.1) is 11.3 Å². The SMILES string of the molecule is CCOC(=O)C(C(=O)OCC)C(C(=O)c1ccccc1)c1ccc(Br)s1. The van der Waals surface area contributed by atoms with E-state index in [1.165, 1.54) is 11.3 Å². The quantitative estimate of drug-likeness (QED) is 0.350. The maximum atomic E-state index is 13.2. The predicted octanol–water partition coefficient (Wildman–Crippen LogP) is 4.22. The van der Waals surface area contributed by atoms with E-state index >= 15 is 0 Å². The summed E-state index contributed by atoms with van der Waals surface area (Å²) in [4.78, 5) is 38.9. The Kier molecular flexibility index (Phi) is 7.53. The van der Waals surface area contributed by atoms with E-state index in [2.05, 4.69) is 15.9 Å². The molecule has 0 N–H and O–H groups in total. The molecule has 26 heavy (non-hydrogen) atoms. The molecule has 138 valence electrons. The highest BCUT2D eigenvalue weighted by Gasteiger charge is 2.43. The molecule has 0 saturated heterocycles. The number of carbonyl (C=O) groups is 3. The molecule has 0 spiro atoms. The number of hydrogen-bond acceptors (Lipinski definition) is 6. The molecule has 1 unspecified atom stereocenters. The minimum Gasteiger partial charge on any atom is -0.465 e. The zero-order valence-electron chi connectivity index (χ0n) is 14.4. The van der Waals surface area contributed by atoms with Crippen LogP contribution in [-0.4, -0.2) is 30.9 Å². The van der Waals surface area contributed by atoms with Gasteiger partial charge < -0.3 is 9.47 Å². The number of thiophene rings is 1. The van der Waals surface area contributed by atoms with Crippen molar-refractivity contribution in [3.05, 3.63) is 56.7 Å². The van der Waals surface area contributed by atoms with Gasteiger partial charge in [-0.3, -0.25) is 14.4 Å². The Morgan fingerprint density at radius 3 is 2.00 bits per heavy atom. The summed E-state index contributed by atoms with van der Waals surface area (Å²) in [6.07, 6.45) is 0. The highest BCUT2D eigenvalue weighted by molar-refractivity contribution is 9.11. The summed E-state index contributed by atoms with van der Waals surface area (Å²) in [7, 11) is 0. The molecule has 1 heterocycles. The van der Waals surface area contributed by atoms with Crippen LogP contribution in [0.2, 0.25) is 0 Å². The van der Waals surface area contributed by atoms with Crippen molar-refractivity contribution in [3.8, 4) is 0 Å². The lowest BCUT2D eigenvalue weighted by molar-refractivity contribution is -0.162. The number of benzene rings is 1. The first-order chi connectivity index (χ1) is 12.5. The first kappa shape index (κ1) is 20.3. The van der Waals surface area contributed by atoms with Gasteiger partial charge in [0.05, 0.1) is 22.9 Å². The van der Waals surface area contributed by atoms with Crippen LogP contribution >= 0.6 is 27.3 Å². The molecule has 1 aromatic heterocycles. The van der Waals surface area contributed by atoms with Crippen molar-refractivity contribution in [1.29, 1.82) is 0 Å². The average molecular weight is 439 g/mol. The van der Waals surface area contributed by atoms with Gasteiger partial charge in [-0.25, -0.2) is 0 Å². The van der Waals surface area contributed by atoms with Gasteiger partial charge >= 0.3 is 11.9 Å². The Morgan fingerprint density at radius 2 is 1.54 bits per heavy atom. The van der Waals surface area contributed by atoms with E-state index in [-0.39, 0.29) is 19.0 Å². The van der Waals surface area contributed by atoms with Crippen molar-refractivity contribution < 1.29 is 23.9 Å². The van der Waals surface area contributed by atoms with Gasteiger partial charge in [-0.2, -0.15) is 0 Å². The molecular formula is C19H19BrO5S. The number of carbonyl (C=O) groups excluding carboxylic acids is 3. The van der Waals surface area contributed by atoms with Crippen LogP contribution in [0.25, 0.3) is 0 Å².